The number of thioether (sulfide) groups is 1. The van der Waals surface area contributed by atoms with Crippen LogP contribution in [-0.2, 0) is 7.05 Å². The topological polar surface area (TPSA) is 96.7 Å². The van der Waals surface area contributed by atoms with Crippen LogP contribution in [0.2, 0.25) is 0 Å². The fourth-order valence-corrected chi connectivity index (χ4v) is 2.50. The van der Waals surface area contributed by atoms with Gasteiger partial charge in [0.2, 0.25) is 0 Å². The van der Waals surface area contributed by atoms with Crippen molar-refractivity contribution in [1.29, 1.82) is 0 Å². The minimum absolute atomic E-state index is 0.00459. The molecule has 0 aliphatic rings. The van der Waals surface area contributed by atoms with E-state index in [1.165, 1.54) is 11.8 Å². The Bertz CT molecular complexity index is 428. The number of aromatic nitrogens is 2. The van der Waals surface area contributed by atoms with Crippen molar-refractivity contribution in [3.8, 4) is 0 Å². The highest BCUT2D eigenvalue weighted by molar-refractivity contribution is 8.00. The van der Waals surface area contributed by atoms with Crippen molar-refractivity contribution in [1.82, 2.24) is 9.78 Å². The molecule has 1 aromatic rings. The van der Waals surface area contributed by atoms with Gasteiger partial charge in [-0.1, -0.05) is 12.1 Å². The van der Waals surface area contributed by atoms with Crippen LogP contribution in [0.25, 0.3) is 0 Å². The molecule has 0 aliphatic carbocycles. The molecule has 2 unspecified atom stereocenters. The molecule has 0 aliphatic heterocycles. The van der Waals surface area contributed by atoms with Crippen LogP contribution < -0.4 is 5.73 Å². The van der Waals surface area contributed by atoms with Gasteiger partial charge in [0.15, 0.2) is 5.84 Å². The number of aliphatic hydroxyl groups excluding tert-OH is 1. The Kier molecular flexibility index (Phi) is 4.41. The van der Waals surface area contributed by atoms with Crippen LogP contribution in [0.4, 0.5) is 0 Å². The molecule has 0 fully saturated rings. The van der Waals surface area contributed by atoms with Crippen molar-refractivity contribution in [3.05, 3.63) is 11.3 Å². The molecule has 1 heterocycles. The summed E-state index contributed by atoms with van der Waals surface area (Å²) < 4.78 is 1.67. The van der Waals surface area contributed by atoms with Gasteiger partial charge in [-0.3, -0.25) is 4.68 Å². The molecule has 0 saturated heterocycles. The third-order valence-electron chi connectivity index (χ3n) is 2.51. The highest BCUT2D eigenvalue weighted by Gasteiger charge is 2.21. The van der Waals surface area contributed by atoms with Crippen molar-refractivity contribution >= 4 is 17.6 Å². The highest BCUT2D eigenvalue weighted by atomic mass is 32.2. The molecular weight excluding hydrogens is 240 g/mol. The Morgan fingerprint density at radius 2 is 2.12 bits per heavy atom. The molecule has 4 N–H and O–H groups in total. The molecule has 17 heavy (non-hydrogen) atoms. The van der Waals surface area contributed by atoms with E-state index in [9.17, 15) is 5.11 Å². The van der Waals surface area contributed by atoms with Gasteiger partial charge in [0.1, 0.15) is 5.03 Å². The van der Waals surface area contributed by atoms with E-state index in [0.29, 0.717) is 11.3 Å². The quantitative estimate of drug-likeness (QED) is 0.243. The van der Waals surface area contributed by atoms with Crippen LogP contribution in [0.15, 0.2) is 10.2 Å². The minimum Gasteiger partial charge on any atom is -0.409 e. The maximum atomic E-state index is 9.51. The summed E-state index contributed by atoms with van der Waals surface area (Å²) in [5, 5.41) is 26.3. The second kappa shape index (κ2) is 5.42. The van der Waals surface area contributed by atoms with Gasteiger partial charge in [0.25, 0.3) is 0 Å². The number of aryl methyl sites for hydroxylation is 2. The SMILES string of the molecule is Cc1nn(C)c(SC(C)C(C)O)c1C(N)=NO. The molecular formula is C10H18N4O2S. The molecule has 96 valence electrons. The average molecular weight is 258 g/mol. The van der Waals surface area contributed by atoms with Crippen molar-refractivity contribution in [3.63, 3.8) is 0 Å². The maximum absolute atomic E-state index is 9.51. The normalized spacial score (nSPS) is 15.9. The van der Waals surface area contributed by atoms with Crippen LogP contribution in [-0.4, -0.2) is 37.3 Å². The molecule has 2 atom stereocenters. The fourth-order valence-electron chi connectivity index (χ4n) is 1.39. The van der Waals surface area contributed by atoms with E-state index < -0.39 is 6.10 Å². The van der Waals surface area contributed by atoms with Gasteiger partial charge >= 0.3 is 0 Å². The standard InChI is InChI=1S/C10H18N4O2S/c1-5-8(9(11)13-16)10(14(4)12-5)17-7(3)6(2)15/h6-7,15-16H,1-4H3,(H2,11,13). The predicted molar refractivity (Wildman–Crippen MR) is 67.5 cm³/mol. The highest BCUT2D eigenvalue weighted by Crippen LogP contribution is 2.29. The largest absolute Gasteiger partial charge is 0.409 e. The van der Waals surface area contributed by atoms with Crippen molar-refractivity contribution in [2.75, 3.05) is 0 Å². The lowest BCUT2D eigenvalue weighted by Crippen LogP contribution is -2.18. The van der Waals surface area contributed by atoms with E-state index in [2.05, 4.69) is 10.3 Å². The number of oxime groups is 1. The zero-order valence-corrected chi connectivity index (χ0v) is 11.2. The van der Waals surface area contributed by atoms with Gasteiger partial charge in [-0.05, 0) is 13.8 Å². The van der Waals surface area contributed by atoms with E-state index in [1.807, 2.05) is 6.92 Å². The van der Waals surface area contributed by atoms with Crippen LogP contribution >= 0.6 is 11.8 Å². The number of nitrogens with zero attached hydrogens (tertiary/aromatic N) is 3. The van der Waals surface area contributed by atoms with Crippen LogP contribution in [0.3, 0.4) is 0 Å². The Morgan fingerprint density at radius 3 is 2.59 bits per heavy atom. The van der Waals surface area contributed by atoms with E-state index in [0.717, 1.165) is 5.03 Å². The zero-order valence-electron chi connectivity index (χ0n) is 10.4. The molecule has 0 bridgehead atoms. The first-order valence-corrected chi connectivity index (χ1v) is 6.12. The molecule has 6 nitrogen and oxygen atoms in total. The number of amidine groups is 1. The fraction of sp³-hybridized carbons (Fsp3) is 0.600. The molecule has 0 spiro atoms. The lowest BCUT2D eigenvalue weighted by molar-refractivity contribution is 0.196. The summed E-state index contributed by atoms with van der Waals surface area (Å²) in [6.45, 7) is 5.43. The lowest BCUT2D eigenvalue weighted by atomic mass is 10.2. The Hall–Kier alpha value is -1.21. The Morgan fingerprint density at radius 1 is 1.53 bits per heavy atom. The van der Waals surface area contributed by atoms with Crippen LogP contribution in [0.1, 0.15) is 25.1 Å². The van der Waals surface area contributed by atoms with E-state index in [4.69, 9.17) is 10.9 Å². The summed E-state index contributed by atoms with van der Waals surface area (Å²) in [6.07, 6.45) is -0.449. The summed E-state index contributed by atoms with van der Waals surface area (Å²) in [5.74, 6) is 0.0379. The minimum atomic E-state index is -0.449. The second-order valence-electron chi connectivity index (χ2n) is 3.94. The summed E-state index contributed by atoms with van der Waals surface area (Å²) >= 11 is 1.45. The number of rotatable bonds is 4. The molecule has 0 saturated carbocycles. The third kappa shape index (κ3) is 2.92. The summed E-state index contributed by atoms with van der Waals surface area (Å²) in [5.41, 5.74) is 6.95. The number of aliphatic hydroxyl groups is 1. The lowest BCUT2D eigenvalue weighted by Gasteiger charge is -2.15. The first-order valence-electron chi connectivity index (χ1n) is 5.24. The Balaban J connectivity index is 3.14. The van der Waals surface area contributed by atoms with Crippen LogP contribution in [0, 0.1) is 6.92 Å². The molecule has 1 aromatic heterocycles. The van der Waals surface area contributed by atoms with Crippen molar-refractivity contribution < 1.29 is 10.3 Å². The van der Waals surface area contributed by atoms with Gasteiger partial charge < -0.3 is 16.0 Å². The van der Waals surface area contributed by atoms with Gasteiger partial charge in [-0.15, -0.1) is 11.8 Å². The van der Waals surface area contributed by atoms with Crippen LogP contribution in [0.5, 0.6) is 0 Å². The van der Waals surface area contributed by atoms with Gasteiger partial charge in [-0.25, -0.2) is 0 Å². The predicted octanol–water partition coefficient (Wildman–Crippen LogP) is 0.684. The average Bonchev–Trinajstić information content (AvgIpc) is 2.53. The zero-order chi connectivity index (χ0) is 13.2. The smallest absolute Gasteiger partial charge is 0.174 e. The van der Waals surface area contributed by atoms with Gasteiger partial charge in [-0.2, -0.15) is 5.10 Å². The second-order valence-corrected chi connectivity index (χ2v) is 5.30. The number of hydrogen-bond donors (Lipinski definition) is 3. The first-order chi connectivity index (χ1) is 7.88. The van der Waals surface area contributed by atoms with E-state index in [-0.39, 0.29) is 11.1 Å². The third-order valence-corrected chi connectivity index (χ3v) is 3.97. The molecule has 1 rings (SSSR count). The summed E-state index contributed by atoms with van der Waals surface area (Å²) in [7, 11) is 1.79. The number of hydrogen-bond acceptors (Lipinski definition) is 5. The molecule has 0 aromatic carbocycles. The van der Waals surface area contributed by atoms with E-state index >= 15 is 0 Å². The molecule has 0 radical (unpaired) electrons. The maximum Gasteiger partial charge on any atom is 0.174 e. The summed E-state index contributed by atoms with van der Waals surface area (Å²) in [6, 6.07) is 0. The number of nitrogens with two attached hydrogens (primary N) is 1. The monoisotopic (exact) mass is 258 g/mol. The van der Waals surface area contributed by atoms with Crippen molar-refractivity contribution in [2.24, 2.45) is 17.9 Å². The summed E-state index contributed by atoms with van der Waals surface area (Å²) in [4.78, 5) is 0. The molecule has 0 amide bonds. The van der Waals surface area contributed by atoms with Crippen molar-refractivity contribution in [2.45, 2.75) is 37.2 Å². The van der Waals surface area contributed by atoms with Gasteiger partial charge in [0.05, 0.1) is 17.4 Å². The first kappa shape index (κ1) is 13.9. The van der Waals surface area contributed by atoms with Gasteiger partial charge in [0, 0.05) is 12.3 Å². The Labute approximate surface area is 104 Å². The molecule has 7 heteroatoms. The van der Waals surface area contributed by atoms with E-state index in [1.54, 1.807) is 25.6 Å².